The van der Waals surface area contributed by atoms with Crippen LogP contribution in [0.1, 0.15) is 22.3 Å². The van der Waals surface area contributed by atoms with Gasteiger partial charge in [0, 0.05) is 33.3 Å². The molecule has 0 atom stereocenters. The number of hydrogen-bond donors (Lipinski definition) is 0. The van der Waals surface area contributed by atoms with Crippen molar-refractivity contribution in [3.63, 3.8) is 0 Å². The third-order valence-electron chi connectivity index (χ3n) is 14.6. The molecule has 0 radical (unpaired) electrons. The van der Waals surface area contributed by atoms with Crippen LogP contribution in [0.4, 0.5) is 34.1 Å². The summed E-state index contributed by atoms with van der Waals surface area (Å²) in [4.78, 5) is 4.97. The molecule has 3 nitrogen and oxygen atoms in total. The summed E-state index contributed by atoms with van der Waals surface area (Å²) in [6, 6.07) is 97.6. The molecule has 1 aromatic heterocycles. The van der Waals surface area contributed by atoms with Crippen LogP contribution in [0, 0.1) is 0 Å². The lowest BCUT2D eigenvalue weighted by Gasteiger charge is -2.45. The second-order valence-corrected chi connectivity index (χ2v) is 18.4. The summed E-state index contributed by atoms with van der Waals surface area (Å²) < 4.78 is 6.29. The fourth-order valence-electron chi connectivity index (χ4n) is 11.7. The minimum atomic E-state index is -0.611. The summed E-state index contributed by atoms with van der Waals surface area (Å²) in [5, 5.41) is 2.23. The first-order chi connectivity index (χ1) is 34.7. The van der Waals surface area contributed by atoms with Crippen LogP contribution >= 0.6 is 0 Å². The molecule has 0 amide bonds. The lowest BCUT2D eigenvalue weighted by atomic mass is 9.64. The molecule has 70 heavy (non-hydrogen) atoms. The fourth-order valence-corrected chi connectivity index (χ4v) is 11.7. The number of fused-ring (bicyclic) bond motifs is 12. The average Bonchev–Trinajstić information content (AvgIpc) is 3.96. The molecule has 0 fully saturated rings. The number of furan rings is 1. The van der Waals surface area contributed by atoms with E-state index < -0.39 is 5.41 Å². The van der Waals surface area contributed by atoms with Gasteiger partial charge in [-0.3, -0.25) is 0 Å². The Morgan fingerprint density at radius 1 is 0.329 bits per heavy atom. The van der Waals surface area contributed by atoms with Crippen molar-refractivity contribution in [3.8, 4) is 44.5 Å². The molecule has 1 aliphatic carbocycles. The minimum absolute atomic E-state index is 0.611. The van der Waals surface area contributed by atoms with Gasteiger partial charge >= 0.3 is 0 Å². The predicted octanol–water partition coefficient (Wildman–Crippen LogP) is 18.2. The molecule has 3 heteroatoms. The zero-order chi connectivity index (χ0) is 46.2. The van der Waals surface area contributed by atoms with E-state index in [1.807, 2.05) is 12.1 Å². The number of nitrogens with zero attached hydrogens (tertiary/aromatic N) is 2. The first-order valence-corrected chi connectivity index (χ1v) is 24.1. The monoisotopic (exact) mass is 892 g/mol. The van der Waals surface area contributed by atoms with Gasteiger partial charge in [-0.25, -0.2) is 0 Å². The van der Waals surface area contributed by atoms with Crippen LogP contribution in [-0.4, -0.2) is 0 Å². The van der Waals surface area contributed by atoms with E-state index >= 15 is 0 Å². The molecular formula is C67H44N2O. The molecule has 14 rings (SSSR count). The minimum Gasteiger partial charge on any atom is -0.456 e. The third-order valence-corrected chi connectivity index (χ3v) is 14.6. The Morgan fingerprint density at radius 2 is 0.871 bits per heavy atom. The number of rotatable bonds is 7. The first kappa shape index (κ1) is 39.9. The molecule has 12 aromatic rings. The highest BCUT2D eigenvalue weighted by molar-refractivity contribution is 6.07. The van der Waals surface area contributed by atoms with E-state index in [0.29, 0.717) is 0 Å². The van der Waals surface area contributed by atoms with Gasteiger partial charge in [-0.05, 0) is 128 Å². The standard InChI is InChI=1S/C67H44N2O/c1-3-20-45(21-4-1)46-22-17-24-49(42-46)52-28-8-13-35-60(52)69(51-27-18-23-47(43-51)48-40-41-65-55(44-48)53-29-9-16-39-64(53)70-65)63-38-19-34-59-66(63)54-30-7-10-31-56(54)67(59)57-32-11-14-36-61(57)68(50-25-5-2-6-26-50)62-37-15-12-33-58(62)67/h1-44H. The van der Waals surface area contributed by atoms with E-state index in [4.69, 9.17) is 4.42 Å². The molecule has 0 saturated carbocycles. The molecule has 2 aliphatic rings. The average molecular weight is 893 g/mol. The van der Waals surface area contributed by atoms with Crippen LogP contribution in [0.3, 0.4) is 0 Å². The van der Waals surface area contributed by atoms with E-state index in [2.05, 4.69) is 265 Å². The van der Waals surface area contributed by atoms with E-state index in [-0.39, 0.29) is 0 Å². The lowest BCUT2D eigenvalue weighted by molar-refractivity contribution is 0.669. The maximum atomic E-state index is 6.29. The smallest absolute Gasteiger partial charge is 0.135 e. The van der Waals surface area contributed by atoms with E-state index in [1.54, 1.807) is 0 Å². The molecule has 0 saturated heterocycles. The summed E-state index contributed by atoms with van der Waals surface area (Å²) in [5.74, 6) is 0. The van der Waals surface area contributed by atoms with Crippen LogP contribution in [-0.2, 0) is 5.41 Å². The molecule has 1 aliphatic heterocycles. The van der Waals surface area contributed by atoms with Crippen LogP contribution in [0.2, 0.25) is 0 Å². The van der Waals surface area contributed by atoms with Gasteiger partial charge in [0.2, 0.25) is 0 Å². The van der Waals surface area contributed by atoms with Crippen LogP contribution in [0.5, 0.6) is 0 Å². The summed E-state index contributed by atoms with van der Waals surface area (Å²) in [6.07, 6.45) is 0. The topological polar surface area (TPSA) is 19.6 Å². The van der Waals surface area contributed by atoms with Crippen LogP contribution in [0.25, 0.3) is 66.4 Å². The van der Waals surface area contributed by atoms with Crippen molar-refractivity contribution in [1.82, 2.24) is 0 Å². The molecular weight excluding hydrogens is 849 g/mol. The Hall–Kier alpha value is -9.18. The summed E-state index contributed by atoms with van der Waals surface area (Å²) in [6.45, 7) is 0. The highest BCUT2D eigenvalue weighted by Crippen LogP contribution is 2.65. The molecule has 0 N–H and O–H groups in total. The van der Waals surface area contributed by atoms with Crippen LogP contribution < -0.4 is 9.80 Å². The Balaban J connectivity index is 1.03. The number of anilines is 6. The molecule has 0 unspecified atom stereocenters. The Labute approximate surface area is 407 Å². The Bertz CT molecular complexity index is 3930. The van der Waals surface area contributed by atoms with E-state index in [9.17, 15) is 0 Å². The van der Waals surface area contributed by atoms with Gasteiger partial charge in [-0.15, -0.1) is 0 Å². The largest absolute Gasteiger partial charge is 0.456 e. The quantitative estimate of drug-likeness (QED) is 0.159. The van der Waals surface area contributed by atoms with Gasteiger partial charge in [0.05, 0.1) is 28.2 Å². The number of para-hydroxylation sites is 5. The van der Waals surface area contributed by atoms with Crippen molar-refractivity contribution in [3.05, 3.63) is 289 Å². The molecule has 328 valence electrons. The normalized spacial score (nSPS) is 12.9. The molecule has 2 heterocycles. The van der Waals surface area contributed by atoms with Gasteiger partial charge in [-0.2, -0.15) is 0 Å². The fraction of sp³-hybridized carbons (Fsp3) is 0.0149. The van der Waals surface area contributed by atoms with Crippen molar-refractivity contribution in [2.75, 3.05) is 9.80 Å². The summed E-state index contributed by atoms with van der Waals surface area (Å²) in [5.41, 5.74) is 22.4. The van der Waals surface area contributed by atoms with Crippen molar-refractivity contribution >= 4 is 56.1 Å². The van der Waals surface area contributed by atoms with Gasteiger partial charge in [0.1, 0.15) is 11.2 Å². The maximum absolute atomic E-state index is 6.29. The van der Waals surface area contributed by atoms with E-state index in [1.165, 1.54) is 55.9 Å². The highest BCUT2D eigenvalue weighted by Gasteiger charge is 2.52. The molecule has 0 bridgehead atoms. The number of hydrogen-bond acceptors (Lipinski definition) is 3. The Morgan fingerprint density at radius 3 is 1.67 bits per heavy atom. The lowest BCUT2D eigenvalue weighted by Crippen LogP contribution is -2.36. The number of benzene rings is 11. The van der Waals surface area contributed by atoms with Crippen molar-refractivity contribution in [2.24, 2.45) is 0 Å². The molecule has 1 spiro atoms. The zero-order valence-electron chi connectivity index (χ0n) is 38.2. The van der Waals surface area contributed by atoms with Gasteiger partial charge in [-0.1, -0.05) is 194 Å². The van der Waals surface area contributed by atoms with Gasteiger partial charge < -0.3 is 14.2 Å². The zero-order valence-corrected chi connectivity index (χ0v) is 38.2. The molecule has 11 aromatic carbocycles. The van der Waals surface area contributed by atoms with Crippen LogP contribution in [0.15, 0.2) is 271 Å². The van der Waals surface area contributed by atoms with E-state index in [0.717, 1.165) is 66.9 Å². The van der Waals surface area contributed by atoms with Crippen molar-refractivity contribution in [1.29, 1.82) is 0 Å². The summed E-state index contributed by atoms with van der Waals surface area (Å²) >= 11 is 0. The summed E-state index contributed by atoms with van der Waals surface area (Å²) in [7, 11) is 0. The van der Waals surface area contributed by atoms with Gasteiger partial charge in [0.25, 0.3) is 0 Å². The second-order valence-electron chi connectivity index (χ2n) is 18.4. The second kappa shape index (κ2) is 16.0. The first-order valence-electron chi connectivity index (χ1n) is 24.1. The highest BCUT2D eigenvalue weighted by atomic mass is 16.3. The van der Waals surface area contributed by atoms with Crippen molar-refractivity contribution < 1.29 is 4.42 Å². The maximum Gasteiger partial charge on any atom is 0.135 e. The van der Waals surface area contributed by atoms with Gasteiger partial charge in [0.15, 0.2) is 0 Å². The predicted molar refractivity (Wildman–Crippen MR) is 290 cm³/mol. The Kier molecular flexibility index (Phi) is 9.11. The van der Waals surface area contributed by atoms with Crippen molar-refractivity contribution in [2.45, 2.75) is 5.41 Å². The SMILES string of the molecule is c1ccc(-c2cccc(-c3ccccc3N(c3cccc(-c4ccc5oc6ccccc6c5c4)c3)c3cccc4c3-c3ccccc3C43c4ccccc4N(c4ccccc4)c4ccccc43)c2)cc1. The third kappa shape index (κ3) is 6.01.